The maximum Gasteiger partial charge on any atom is 0.107 e. The summed E-state index contributed by atoms with van der Waals surface area (Å²) in [6, 6.07) is 15.7. The molecule has 0 aliphatic carbocycles. The minimum Gasteiger partial charge on any atom is -0.392 e. The molecule has 2 aromatic carbocycles. The van der Waals surface area contributed by atoms with Gasteiger partial charge in [-0.25, -0.2) is 4.98 Å². The van der Waals surface area contributed by atoms with Crippen LogP contribution in [0.25, 0.3) is 22.5 Å². The number of nitrogens with zero attached hydrogens (tertiary/aromatic N) is 1. The average Bonchev–Trinajstić information content (AvgIpc) is 3.19. The molecule has 0 fully saturated rings. The molecule has 0 aliphatic rings. The van der Waals surface area contributed by atoms with Gasteiger partial charge in [0.1, 0.15) is 5.82 Å². The average molecular weight is 393 g/mol. The number of unbranched alkanes of at least 4 members (excludes halogenated alkanes) is 5. The molecule has 3 rings (SSSR count). The molecule has 3 aromatic rings. The first-order valence-corrected chi connectivity index (χ1v) is 10.8. The van der Waals surface area contributed by atoms with E-state index < -0.39 is 0 Å². The van der Waals surface area contributed by atoms with Gasteiger partial charge in [0.25, 0.3) is 0 Å². The quantitative estimate of drug-likeness (QED) is 0.370. The second-order valence-electron chi connectivity index (χ2n) is 7.56. The Morgan fingerprint density at radius 1 is 0.759 bits per heavy atom. The standard InChI is InChI=1S/C25H32N2O2/c1-2-3-4-5-6-7-16-23-26-24(21-14-10-8-12-19(21)17-28)25(27-23)22-15-11-9-13-20(22)18-29/h8-15,28-29H,2-7,16-18H2,1H3,(H,26,27). The SMILES string of the molecule is CCCCCCCCc1nc(-c2ccccc2CO)c(-c2ccccc2CO)[nH]1. The molecule has 3 N–H and O–H groups in total. The van der Waals surface area contributed by atoms with Crippen LogP contribution in [0.15, 0.2) is 48.5 Å². The van der Waals surface area contributed by atoms with Crippen LogP contribution in [0, 0.1) is 0 Å². The van der Waals surface area contributed by atoms with Gasteiger partial charge in [0.15, 0.2) is 0 Å². The molecule has 29 heavy (non-hydrogen) atoms. The molecule has 4 nitrogen and oxygen atoms in total. The third kappa shape index (κ3) is 5.34. The number of aliphatic hydroxyl groups is 2. The second kappa shape index (κ2) is 10.9. The Balaban J connectivity index is 1.92. The number of benzene rings is 2. The number of H-pyrrole nitrogens is 1. The molecule has 0 saturated carbocycles. The zero-order valence-corrected chi connectivity index (χ0v) is 17.3. The van der Waals surface area contributed by atoms with Gasteiger partial charge in [-0.15, -0.1) is 0 Å². The summed E-state index contributed by atoms with van der Waals surface area (Å²) >= 11 is 0. The van der Waals surface area contributed by atoms with Crippen LogP contribution in [0.3, 0.4) is 0 Å². The highest BCUT2D eigenvalue weighted by molar-refractivity contribution is 5.81. The largest absolute Gasteiger partial charge is 0.392 e. The molecular formula is C25H32N2O2. The van der Waals surface area contributed by atoms with Crippen LogP contribution in [-0.4, -0.2) is 20.2 Å². The Kier molecular flexibility index (Phi) is 8.03. The van der Waals surface area contributed by atoms with Crippen LogP contribution >= 0.6 is 0 Å². The molecule has 0 spiro atoms. The first-order valence-electron chi connectivity index (χ1n) is 10.8. The van der Waals surface area contributed by atoms with E-state index >= 15 is 0 Å². The van der Waals surface area contributed by atoms with Crippen molar-refractivity contribution in [3.05, 3.63) is 65.5 Å². The molecule has 0 aliphatic heterocycles. The number of hydrogen-bond donors (Lipinski definition) is 3. The van der Waals surface area contributed by atoms with Crippen molar-refractivity contribution in [2.75, 3.05) is 0 Å². The third-order valence-electron chi connectivity index (χ3n) is 5.42. The summed E-state index contributed by atoms with van der Waals surface area (Å²) in [4.78, 5) is 8.45. The lowest BCUT2D eigenvalue weighted by atomic mass is 9.98. The van der Waals surface area contributed by atoms with E-state index in [-0.39, 0.29) is 13.2 Å². The predicted molar refractivity (Wildman–Crippen MR) is 118 cm³/mol. The number of aliphatic hydroxyl groups excluding tert-OH is 2. The van der Waals surface area contributed by atoms with Gasteiger partial charge in [-0.1, -0.05) is 87.6 Å². The zero-order chi connectivity index (χ0) is 20.5. The Morgan fingerprint density at radius 3 is 2.03 bits per heavy atom. The third-order valence-corrected chi connectivity index (χ3v) is 5.42. The van der Waals surface area contributed by atoms with Crippen LogP contribution in [0.5, 0.6) is 0 Å². The first kappa shape index (κ1) is 21.3. The molecule has 0 bridgehead atoms. The van der Waals surface area contributed by atoms with Gasteiger partial charge in [0, 0.05) is 17.5 Å². The van der Waals surface area contributed by atoms with Crippen molar-refractivity contribution in [1.82, 2.24) is 9.97 Å². The number of aromatic amines is 1. The van der Waals surface area contributed by atoms with Gasteiger partial charge in [-0.3, -0.25) is 0 Å². The van der Waals surface area contributed by atoms with Crippen molar-refractivity contribution < 1.29 is 10.2 Å². The number of nitrogens with one attached hydrogen (secondary N) is 1. The minimum absolute atomic E-state index is 0.0248. The summed E-state index contributed by atoms with van der Waals surface area (Å²) in [6.45, 7) is 2.18. The lowest BCUT2D eigenvalue weighted by molar-refractivity contribution is 0.282. The fourth-order valence-corrected chi connectivity index (χ4v) is 3.79. The van der Waals surface area contributed by atoms with Crippen molar-refractivity contribution >= 4 is 0 Å². The summed E-state index contributed by atoms with van der Waals surface area (Å²) in [5, 5.41) is 19.6. The second-order valence-corrected chi connectivity index (χ2v) is 7.56. The maximum absolute atomic E-state index is 9.82. The molecule has 0 unspecified atom stereocenters. The predicted octanol–water partition coefficient (Wildman–Crippen LogP) is 5.63. The number of aryl methyl sites for hydroxylation is 1. The van der Waals surface area contributed by atoms with E-state index in [1.807, 2.05) is 48.5 Å². The van der Waals surface area contributed by atoms with E-state index in [0.717, 1.165) is 52.3 Å². The summed E-state index contributed by atoms with van der Waals surface area (Å²) < 4.78 is 0. The first-order chi connectivity index (χ1) is 14.3. The highest BCUT2D eigenvalue weighted by Gasteiger charge is 2.18. The fourth-order valence-electron chi connectivity index (χ4n) is 3.79. The number of aromatic nitrogens is 2. The minimum atomic E-state index is -0.0309. The molecule has 0 saturated heterocycles. The van der Waals surface area contributed by atoms with E-state index in [1.165, 1.54) is 32.1 Å². The highest BCUT2D eigenvalue weighted by atomic mass is 16.3. The summed E-state index contributed by atoms with van der Waals surface area (Å²) in [6.07, 6.45) is 8.38. The van der Waals surface area contributed by atoms with Gasteiger partial charge in [-0.2, -0.15) is 0 Å². The molecule has 0 radical (unpaired) electrons. The van der Waals surface area contributed by atoms with E-state index in [1.54, 1.807) is 0 Å². The van der Waals surface area contributed by atoms with Crippen LogP contribution in [-0.2, 0) is 19.6 Å². The van der Waals surface area contributed by atoms with Crippen molar-refractivity contribution in [3.63, 3.8) is 0 Å². The van der Waals surface area contributed by atoms with Gasteiger partial charge in [0.05, 0.1) is 24.6 Å². The fraction of sp³-hybridized carbons (Fsp3) is 0.400. The van der Waals surface area contributed by atoms with Gasteiger partial charge >= 0.3 is 0 Å². The Labute approximate surface area is 173 Å². The lowest BCUT2D eigenvalue weighted by Crippen LogP contribution is -1.94. The van der Waals surface area contributed by atoms with E-state index in [4.69, 9.17) is 4.98 Å². The van der Waals surface area contributed by atoms with Gasteiger partial charge in [-0.05, 0) is 17.5 Å². The van der Waals surface area contributed by atoms with Crippen LogP contribution < -0.4 is 0 Å². The molecule has 1 aromatic heterocycles. The lowest BCUT2D eigenvalue weighted by Gasteiger charge is -2.10. The Morgan fingerprint density at radius 2 is 1.34 bits per heavy atom. The molecule has 0 amide bonds. The van der Waals surface area contributed by atoms with E-state index in [2.05, 4.69) is 11.9 Å². The highest BCUT2D eigenvalue weighted by Crippen LogP contribution is 2.34. The number of hydrogen-bond acceptors (Lipinski definition) is 3. The van der Waals surface area contributed by atoms with Crippen molar-refractivity contribution in [3.8, 4) is 22.5 Å². The summed E-state index contributed by atoms with van der Waals surface area (Å²) in [5.41, 5.74) is 5.37. The van der Waals surface area contributed by atoms with Crippen molar-refractivity contribution in [2.24, 2.45) is 0 Å². The molecule has 0 atom stereocenters. The normalized spacial score (nSPS) is 11.1. The van der Waals surface area contributed by atoms with E-state index in [9.17, 15) is 10.2 Å². The zero-order valence-electron chi connectivity index (χ0n) is 17.3. The maximum atomic E-state index is 9.82. The number of imidazole rings is 1. The number of rotatable bonds is 11. The summed E-state index contributed by atoms with van der Waals surface area (Å²) in [7, 11) is 0. The Bertz CT molecular complexity index is 836. The van der Waals surface area contributed by atoms with Crippen LogP contribution in [0.2, 0.25) is 0 Å². The van der Waals surface area contributed by atoms with Crippen molar-refractivity contribution in [1.29, 1.82) is 0 Å². The molecule has 4 heteroatoms. The summed E-state index contributed by atoms with van der Waals surface area (Å²) in [5.74, 6) is 0.964. The van der Waals surface area contributed by atoms with Crippen LogP contribution in [0.4, 0.5) is 0 Å². The molecular weight excluding hydrogens is 360 g/mol. The van der Waals surface area contributed by atoms with Crippen LogP contribution in [0.1, 0.15) is 62.4 Å². The molecule has 1 heterocycles. The van der Waals surface area contributed by atoms with Crippen molar-refractivity contribution in [2.45, 2.75) is 65.1 Å². The topological polar surface area (TPSA) is 69.1 Å². The monoisotopic (exact) mass is 392 g/mol. The van der Waals surface area contributed by atoms with Gasteiger partial charge < -0.3 is 15.2 Å². The Hall–Kier alpha value is -2.43. The molecule has 154 valence electrons. The van der Waals surface area contributed by atoms with Gasteiger partial charge in [0.2, 0.25) is 0 Å². The van der Waals surface area contributed by atoms with E-state index in [0.29, 0.717) is 0 Å². The smallest absolute Gasteiger partial charge is 0.107 e.